The molecular weight excluding hydrogens is 480 g/mol. The zero-order chi connectivity index (χ0) is 22.2. The van der Waals surface area contributed by atoms with Crippen LogP contribution in [0.4, 0.5) is 0 Å². The van der Waals surface area contributed by atoms with Crippen molar-refractivity contribution < 1.29 is 14.3 Å². The molecule has 1 fully saturated rings. The third-order valence-electron chi connectivity index (χ3n) is 5.54. The molecule has 1 saturated carbocycles. The molecule has 0 saturated heterocycles. The molecule has 0 spiro atoms. The lowest BCUT2D eigenvalue weighted by atomic mass is 9.95. The van der Waals surface area contributed by atoms with Crippen molar-refractivity contribution in [2.75, 3.05) is 6.61 Å². The van der Waals surface area contributed by atoms with Crippen molar-refractivity contribution in [3.05, 3.63) is 63.6 Å². The van der Waals surface area contributed by atoms with E-state index in [2.05, 4.69) is 21.2 Å². The number of rotatable bonds is 8. The number of halogens is 2. The van der Waals surface area contributed by atoms with Crippen molar-refractivity contribution in [1.29, 1.82) is 0 Å². The van der Waals surface area contributed by atoms with Gasteiger partial charge in [0.1, 0.15) is 11.8 Å². The molecule has 166 valence electrons. The number of hydrogen-bond donors (Lipinski definition) is 1. The minimum atomic E-state index is -0.623. The topological polar surface area (TPSA) is 58.6 Å². The summed E-state index contributed by atoms with van der Waals surface area (Å²) in [7, 11) is 0. The molecule has 0 heterocycles. The van der Waals surface area contributed by atoms with Crippen molar-refractivity contribution in [2.24, 2.45) is 0 Å². The van der Waals surface area contributed by atoms with E-state index in [9.17, 15) is 9.59 Å². The molecule has 0 aliphatic heterocycles. The highest BCUT2D eigenvalue weighted by atomic mass is 79.9. The maximum atomic E-state index is 13.1. The van der Waals surface area contributed by atoms with E-state index < -0.39 is 6.04 Å². The predicted octanol–water partition coefficient (Wildman–Crippen LogP) is 5.35. The molecule has 1 N–H and O–H groups in total. The van der Waals surface area contributed by atoms with Crippen LogP contribution in [0.3, 0.4) is 0 Å². The quantitative estimate of drug-likeness (QED) is 0.524. The number of carbonyl (C=O) groups is 2. The van der Waals surface area contributed by atoms with Crippen LogP contribution in [-0.2, 0) is 16.1 Å². The van der Waals surface area contributed by atoms with Crippen LogP contribution >= 0.6 is 27.5 Å². The summed E-state index contributed by atoms with van der Waals surface area (Å²) < 4.78 is 6.61. The minimum absolute atomic E-state index is 0.133. The van der Waals surface area contributed by atoms with Crippen LogP contribution in [0.5, 0.6) is 5.75 Å². The SMILES string of the molecule is CC(C(=O)NC1CCCCC1)N(Cc1cccc(Cl)c1)C(=O)COc1ccc(Br)cc1. The summed E-state index contributed by atoms with van der Waals surface area (Å²) in [5.41, 5.74) is 0.863. The van der Waals surface area contributed by atoms with Gasteiger partial charge in [0.25, 0.3) is 5.91 Å². The Balaban J connectivity index is 1.70. The summed E-state index contributed by atoms with van der Waals surface area (Å²) in [6, 6.07) is 14.2. The van der Waals surface area contributed by atoms with E-state index in [4.69, 9.17) is 16.3 Å². The summed E-state index contributed by atoms with van der Waals surface area (Å²) in [6.45, 7) is 1.89. The largest absolute Gasteiger partial charge is 0.484 e. The minimum Gasteiger partial charge on any atom is -0.484 e. The van der Waals surface area contributed by atoms with Gasteiger partial charge < -0.3 is 15.0 Å². The molecule has 2 amide bonds. The van der Waals surface area contributed by atoms with Crippen LogP contribution in [0, 0.1) is 0 Å². The van der Waals surface area contributed by atoms with Gasteiger partial charge >= 0.3 is 0 Å². The summed E-state index contributed by atoms with van der Waals surface area (Å²) in [6.07, 6.45) is 5.46. The molecule has 1 aliphatic rings. The molecule has 1 unspecified atom stereocenters. The van der Waals surface area contributed by atoms with E-state index >= 15 is 0 Å². The van der Waals surface area contributed by atoms with Gasteiger partial charge in [0.2, 0.25) is 5.91 Å². The fourth-order valence-electron chi connectivity index (χ4n) is 3.74. The van der Waals surface area contributed by atoms with E-state index in [0.717, 1.165) is 35.7 Å². The summed E-state index contributed by atoms with van der Waals surface area (Å²) in [5, 5.41) is 3.72. The molecule has 0 radical (unpaired) electrons. The molecule has 0 aromatic heterocycles. The standard InChI is InChI=1S/C24H28BrClN2O3/c1-17(24(30)27-21-8-3-2-4-9-21)28(15-18-6-5-7-20(26)14-18)23(29)16-31-22-12-10-19(25)11-13-22/h5-7,10-14,17,21H,2-4,8-9,15-16H2,1H3,(H,27,30). The first-order valence-corrected chi connectivity index (χ1v) is 11.8. The number of nitrogens with zero attached hydrogens (tertiary/aromatic N) is 1. The van der Waals surface area contributed by atoms with Crippen molar-refractivity contribution in [2.45, 2.75) is 57.7 Å². The van der Waals surface area contributed by atoms with Crippen LogP contribution in [0.25, 0.3) is 0 Å². The van der Waals surface area contributed by atoms with Crippen LogP contribution in [-0.4, -0.2) is 35.4 Å². The van der Waals surface area contributed by atoms with Crippen molar-refractivity contribution >= 4 is 39.3 Å². The van der Waals surface area contributed by atoms with Crippen LogP contribution in [0.15, 0.2) is 53.0 Å². The average Bonchev–Trinajstić information content (AvgIpc) is 2.77. The molecular formula is C24H28BrClN2O3. The molecule has 1 aliphatic carbocycles. The van der Waals surface area contributed by atoms with Gasteiger partial charge in [0.15, 0.2) is 6.61 Å². The number of ether oxygens (including phenoxy) is 1. The number of benzene rings is 2. The van der Waals surface area contributed by atoms with Gasteiger partial charge in [-0.2, -0.15) is 0 Å². The van der Waals surface area contributed by atoms with Crippen molar-refractivity contribution in [3.8, 4) is 5.75 Å². The first-order chi connectivity index (χ1) is 14.9. The Morgan fingerprint density at radius 2 is 1.87 bits per heavy atom. The normalized spacial score (nSPS) is 15.2. The first-order valence-electron chi connectivity index (χ1n) is 10.6. The molecule has 31 heavy (non-hydrogen) atoms. The lowest BCUT2D eigenvalue weighted by Crippen LogP contribution is -2.51. The van der Waals surface area contributed by atoms with Gasteiger partial charge in [-0.3, -0.25) is 9.59 Å². The second kappa shape index (κ2) is 11.5. The Hall–Kier alpha value is -2.05. The highest BCUT2D eigenvalue weighted by Crippen LogP contribution is 2.20. The lowest BCUT2D eigenvalue weighted by Gasteiger charge is -2.31. The van der Waals surface area contributed by atoms with E-state index in [-0.39, 0.29) is 31.0 Å². The number of amides is 2. The third-order valence-corrected chi connectivity index (χ3v) is 6.30. The predicted molar refractivity (Wildman–Crippen MR) is 126 cm³/mol. The lowest BCUT2D eigenvalue weighted by molar-refractivity contribution is -0.142. The van der Waals surface area contributed by atoms with Crippen molar-refractivity contribution in [1.82, 2.24) is 10.2 Å². The van der Waals surface area contributed by atoms with Gasteiger partial charge in [0.05, 0.1) is 0 Å². The monoisotopic (exact) mass is 506 g/mol. The molecule has 2 aromatic rings. The van der Waals surface area contributed by atoms with Crippen LogP contribution in [0.1, 0.15) is 44.6 Å². The Bertz CT molecular complexity index is 885. The first kappa shape index (κ1) is 23.6. The maximum absolute atomic E-state index is 13.1. The van der Waals surface area contributed by atoms with Crippen molar-refractivity contribution in [3.63, 3.8) is 0 Å². The maximum Gasteiger partial charge on any atom is 0.261 e. The summed E-state index contributed by atoms with van der Waals surface area (Å²) in [5.74, 6) is 0.207. The third kappa shape index (κ3) is 7.25. The van der Waals surface area contributed by atoms with E-state index in [0.29, 0.717) is 10.8 Å². The molecule has 5 nitrogen and oxygen atoms in total. The Morgan fingerprint density at radius 3 is 2.55 bits per heavy atom. The average molecular weight is 508 g/mol. The fraction of sp³-hybridized carbons (Fsp3) is 0.417. The Labute approximate surface area is 197 Å². The van der Waals surface area contributed by atoms with Crippen LogP contribution < -0.4 is 10.1 Å². The second-order valence-electron chi connectivity index (χ2n) is 7.91. The molecule has 7 heteroatoms. The molecule has 0 bridgehead atoms. The molecule has 3 rings (SSSR count). The molecule has 2 aromatic carbocycles. The summed E-state index contributed by atoms with van der Waals surface area (Å²) >= 11 is 9.50. The Morgan fingerprint density at radius 1 is 1.16 bits per heavy atom. The second-order valence-corrected chi connectivity index (χ2v) is 9.27. The smallest absolute Gasteiger partial charge is 0.261 e. The van der Waals surface area contributed by atoms with Gasteiger partial charge in [-0.05, 0) is 61.7 Å². The summed E-state index contributed by atoms with van der Waals surface area (Å²) in [4.78, 5) is 27.6. The number of carbonyl (C=O) groups excluding carboxylic acids is 2. The van der Waals surface area contributed by atoms with E-state index in [1.54, 1.807) is 30.0 Å². The number of hydrogen-bond acceptors (Lipinski definition) is 3. The molecule has 1 atom stereocenters. The van der Waals surface area contributed by atoms with Gasteiger partial charge in [-0.1, -0.05) is 58.9 Å². The highest BCUT2D eigenvalue weighted by molar-refractivity contribution is 9.10. The fourth-order valence-corrected chi connectivity index (χ4v) is 4.22. The van der Waals surface area contributed by atoms with Gasteiger partial charge in [0, 0.05) is 22.1 Å². The van der Waals surface area contributed by atoms with E-state index in [1.165, 1.54) is 6.42 Å². The van der Waals surface area contributed by atoms with E-state index in [1.807, 2.05) is 30.3 Å². The Kier molecular flexibility index (Phi) is 8.79. The number of nitrogens with one attached hydrogen (secondary N) is 1. The zero-order valence-electron chi connectivity index (χ0n) is 17.7. The zero-order valence-corrected chi connectivity index (χ0v) is 20.0. The van der Waals surface area contributed by atoms with Gasteiger partial charge in [-0.25, -0.2) is 0 Å². The highest BCUT2D eigenvalue weighted by Gasteiger charge is 2.28. The van der Waals surface area contributed by atoms with Gasteiger partial charge in [-0.15, -0.1) is 0 Å². The van der Waals surface area contributed by atoms with Crippen LogP contribution in [0.2, 0.25) is 5.02 Å².